The predicted octanol–water partition coefficient (Wildman–Crippen LogP) is 0.897. The molecule has 20 heavy (non-hydrogen) atoms. The number of hydrogen-bond acceptors (Lipinski definition) is 5. The fourth-order valence-corrected chi connectivity index (χ4v) is 2.22. The summed E-state index contributed by atoms with van der Waals surface area (Å²) in [5.41, 5.74) is -0.373. The van der Waals surface area contributed by atoms with Gasteiger partial charge in [-0.25, -0.2) is 0 Å². The Morgan fingerprint density at radius 2 is 1.55 bits per heavy atom. The summed E-state index contributed by atoms with van der Waals surface area (Å²) in [4.78, 5) is 18.7. The first-order valence-electron chi connectivity index (χ1n) is 7.57. The lowest BCUT2D eigenvalue weighted by Gasteiger charge is -2.35. The van der Waals surface area contributed by atoms with Gasteiger partial charge in [0.25, 0.3) is 0 Å². The highest BCUT2D eigenvalue weighted by molar-refractivity contribution is 5.70. The van der Waals surface area contributed by atoms with Crippen molar-refractivity contribution in [3.8, 4) is 0 Å². The summed E-state index contributed by atoms with van der Waals surface area (Å²) < 4.78 is 5.33. The monoisotopic (exact) mass is 285 g/mol. The van der Waals surface area contributed by atoms with E-state index in [0.29, 0.717) is 6.42 Å². The molecule has 0 spiro atoms. The van der Waals surface area contributed by atoms with Gasteiger partial charge in [0.05, 0.1) is 6.42 Å². The second kappa shape index (κ2) is 7.96. The first-order chi connectivity index (χ1) is 9.26. The van der Waals surface area contributed by atoms with Crippen molar-refractivity contribution in [2.24, 2.45) is 0 Å². The highest BCUT2D eigenvalue weighted by Gasteiger charge is 2.20. The Bertz CT molecular complexity index is 292. The van der Waals surface area contributed by atoms with Crippen LogP contribution in [-0.4, -0.2) is 86.2 Å². The van der Waals surface area contributed by atoms with Gasteiger partial charge in [0, 0.05) is 45.8 Å². The minimum atomic E-state index is -0.373. The molecule has 0 aliphatic carbocycles. The molecule has 0 radical (unpaired) electrons. The normalized spacial score (nSPS) is 18.5. The average Bonchev–Trinajstić information content (AvgIpc) is 2.33. The topological polar surface area (TPSA) is 36.0 Å². The van der Waals surface area contributed by atoms with E-state index in [0.717, 1.165) is 45.8 Å². The zero-order valence-corrected chi connectivity index (χ0v) is 13.8. The third-order valence-electron chi connectivity index (χ3n) is 3.38. The van der Waals surface area contributed by atoms with Crippen LogP contribution < -0.4 is 0 Å². The summed E-state index contributed by atoms with van der Waals surface area (Å²) in [7, 11) is 4.22. The van der Waals surface area contributed by atoms with E-state index < -0.39 is 0 Å². The van der Waals surface area contributed by atoms with Crippen LogP contribution in [0.3, 0.4) is 0 Å². The van der Waals surface area contributed by atoms with Crippen LogP contribution in [0.1, 0.15) is 27.2 Å². The molecule has 5 heteroatoms. The van der Waals surface area contributed by atoms with Crippen molar-refractivity contribution in [1.29, 1.82) is 0 Å². The van der Waals surface area contributed by atoms with Gasteiger partial charge in [-0.15, -0.1) is 0 Å². The molecule has 0 aromatic carbocycles. The van der Waals surface area contributed by atoms with Crippen molar-refractivity contribution in [1.82, 2.24) is 14.7 Å². The molecule has 0 atom stereocenters. The molecule has 1 saturated heterocycles. The molecule has 1 heterocycles. The summed E-state index contributed by atoms with van der Waals surface area (Å²) in [5.74, 6) is -0.0902. The minimum absolute atomic E-state index is 0.0902. The number of piperazine rings is 1. The van der Waals surface area contributed by atoms with E-state index in [1.165, 1.54) is 0 Å². The van der Waals surface area contributed by atoms with Crippen LogP contribution in [-0.2, 0) is 9.53 Å². The van der Waals surface area contributed by atoms with Gasteiger partial charge >= 0.3 is 5.97 Å². The zero-order chi connectivity index (χ0) is 15.2. The maximum absolute atomic E-state index is 11.7. The lowest BCUT2D eigenvalue weighted by atomic mass is 10.2. The maximum atomic E-state index is 11.7. The largest absolute Gasteiger partial charge is 0.460 e. The number of carbonyl (C=O) groups is 1. The summed E-state index contributed by atoms with van der Waals surface area (Å²) in [6.45, 7) is 13.1. The number of rotatable bonds is 6. The minimum Gasteiger partial charge on any atom is -0.460 e. The lowest BCUT2D eigenvalue weighted by Crippen LogP contribution is -2.48. The predicted molar refractivity (Wildman–Crippen MR) is 81.9 cm³/mol. The molecule has 0 bridgehead atoms. The Balaban J connectivity index is 2.15. The molecule has 1 aliphatic heterocycles. The number of nitrogens with zero attached hydrogens (tertiary/aromatic N) is 3. The lowest BCUT2D eigenvalue weighted by molar-refractivity contribution is -0.155. The van der Waals surface area contributed by atoms with E-state index in [2.05, 4.69) is 28.8 Å². The molecule has 0 N–H and O–H groups in total. The van der Waals surface area contributed by atoms with Crippen LogP contribution in [0.15, 0.2) is 0 Å². The van der Waals surface area contributed by atoms with Crippen molar-refractivity contribution < 1.29 is 9.53 Å². The Morgan fingerprint density at radius 1 is 1.05 bits per heavy atom. The standard InChI is InChI=1S/C15H31N3O2/c1-15(2,3)20-14(19)6-7-17-10-12-18(13-11-17)9-8-16(4)5/h6-13H2,1-5H3. The molecular formula is C15H31N3O2. The van der Waals surface area contributed by atoms with Gasteiger partial charge in [-0.1, -0.05) is 0 Å². The Kier molecular flexibility index (Phi) is 6.92. The Labute approximate surface area is 123 Å². The van der Waals surface area contributed by atoms with Crippen LogP contribution in [0, 0.1) is 0 Å². The summed E-state index contributed by atoms with van der Waals surface area (Å²) in [5, 5.41) is 0. The smallest absolute Gasteiger partial charge is 0.307 e. The number of likely N-dealkylation sites (N-methyl/N-ethyl adjacent to an activating group) is 1. The molecule has 1 aliphatic rings. The Morgan fingerprint density at radius 3 is 2.00 bits per heavy atom. The van der Waals surface area contributed by atoms with Gasteiger partial charge in [-0.2, -0.15) is 0 Å². The van der Waals surface area contributed by atoms with Gasteiger partial charge < -0.3 is 14.5 Å². The SMILES string of the molecule is CN(C)CCN1CCN(CCC(=O)OC(C)(C)C)CC1. The average molecular weight is 285 g/mol. The van der Waals surface area contributed by atoms with Crippen molar-refractivity contribution in [3.63, 3.8) is 0 Å². The second-order valence-corrected chi connectivity index (χ2v) is 6.82. The third kappa shape index (κ3) is 7.82. The maximum Gasteiger partial charge on any atom is 0.307 e. The zero-order valence-electron chi connectivity index (χ0n) is 13.8. The van der Waals surface area contributed by atoms with E-state index in [9.17, 15) is 4.79 Å². The molecule has 0 saturated carbocycles. The molecule has 1 fully saturated rings. The van der Waals surface area contributed by atoms with Gasteiger partial charge in [0.2, 0.25) is 0 Å². The molecule has 0 aromatic heterocycles. The molecule has 5 nitrogen and oxygen atoms in total. The first-order valence-corrected chi connectivity index (χ1v) is 7.57. The molecule has 0 aromatic rings. The molecule has 118 valence electrons. The number of esters is 1. The van der Waals surface area contributed by atoms with Crippen LogP contribution in [0.25, 0.3) is 0 Å². The van der Waals surface area contributed by atoms with Crippen LogP contribution in [0.2, 0.25) is 0 Å². The fraction of sp³-hybridized carbons (Fsp3) is 0.933. The van der Waals surface area contributed by atoms with E-state index in [1.54, 1.807) is 0 Å². The van der Waals surface area contributed by atoms with Crippen molar-refractivity contribution >= 4 is 5.97 Å². The van der Waals surface area contributed by atoms with Crippen molar-refractivity contribution in [2.45, 2.75) is 32.8 Å². The highest BCUT2D eigenvalue weighted by atomic mass is 16.6. The van der Waals surface area contributed by atoms with Crippen molar-refractivity contribution in [2.75, 3.05) is 59.9 Å². The van der Waals surface area contributed by atoms with Gasteiger partial charge in [0.1, 0.15) is 5.60 Å². The molecule has 0 amide bonds. The van der Waals surface area contributed by atoms with Gasteiger partial charge in [-0.05, 0) is 34.9 Å². The van der Waals surface area contributed by atoms with Gasteiger partial charge in [0.15, 0.2) is 0 Å². The van der Waals surface area contributed by atoms with Gasteiger partial charge in [-0.3, -0.25) is 9.69 Å². The summed E-state index contributed by atoms with van der Waals surface area (Å²) in [6.07, 6.45) is 0.495. The van der Waals surface area contributed by atoms with E-state index in [-0.39, 0.29) is 11.6 Å². The van der Waals surface area contributed by atoms with Crippen LogP contribution in [0.4, 0.5) is 0 Å². The fourth-order valence-electron chi connectivity index (χ4n) is 2.22. The molecule has 0 unspecified atom stereocenters. The molecular weight excluding hydrogens is 254 g/mol. The Hall–Kier alpha value is -0.650. The summed E-state index contributed by atoms with van der Waals surface area (Å²) in [6, 6.07) is 0. The van der Waals surface area contributed by atoms with Crippen LogP contribution in [0.5, 0.6) is 0 Å². The quantitative estimate of drug-likeness (QED) is 0.678. The molecule has 1 rings (SSSR count). The first kappa shape index (κ1) is 17.4. The highest BCUT2D eigenvalue weighted by Crippen LogP contribution is 2.09. The number of ether oxygens (including phenoxy) is 1. The van der Waals surface area contributed by atoms with E-state index in [4.69, 9.17) is 4.74 Å². The summed E-state index contributed by atoms with van der Waals surface area (Å²) >= 11 is 0. The second-order valence-electron chi connectivity index (χ2n) is 6.82. The number of hydrogen-bond donors (Lipinski definition) is 0. The number of carbonyl (C=O) groups excluding carboxylic acids is 1. The van der Waals surface area contributed by atoms with Crippen LogP contribution >= 0.6 is 0 Å². The van der Waals surface area contributed by atoms with E-state index in [1.807, 2.05) is 20.8 Å². The third-order valence-corrected chi connectivity index (χ3v) is 3.38. The van der Waals surface area contributed by atoms with E-state index >= 15 is 0 Å². The van der Waals surface area contributed by atoms with Crippen molar-refractivity contribution in [3.05, 3.63) is 0 Å².